The second-order valence-corrected chi connectivity index (χ2v) is 5.83. The lowest BCUT2D eigenvalue weighted by atomic mass is 10.0. The van der Waals surface area contributed by atoms with Crippen molar-refractivity contribution >= 4 is 15.9 Å². The summed E-state index contributed by atoms with van der Waals surface area (Å²) in [7, 11) is 0. The van der Waals surface area contributed by atoms with Crippen molar-refractivity contribution in [3.8, 4) is 0 Å². The molecule has 0 radical (unpaired) electrons. The molecule has 4 heteroatoms. The highest BCUT2D eigenvalue weighted by Crippen LogP contribution is 2.14. The molecule has 1 atom stereocenters. The van der Waals surface area contributed by atoms with Gasteiger partial charge in [0.15, 0.2) is 0 Å². The van der Waals surface area contributed by atoms with Gasteiger partial charge in [-0.2, -0.15) is 0 Å². The second kappa shape index (κ2) is 7.53. The first-order valence-corrected chi connectivity index (χ1v) is 7.65. The van der Waals surface area contributed by atoms with E-state index >= 15 is 0 Å². The van der Waals surface area contributed by atoms with Gasteiger partial charge in [-0.25, -0.2) is 0 Å². The number of nitrogens with zero attached hydrogens (tertiary/aromatic N) is 1. The van der Waals surface area contributed by atoms with Gasteiger partial charge in [-0.1, -0.05) is 41.1 Å². The van der Waals surface area contributed by atoms with E-state index < -0.39 is 0 Å². The molecule has 0 aliphatic carbocycles. The van der Waals surface area contributed by atoms with E-state index in [4.69, 9.17) is 5.84 Å². The Labute approximate surface area is 128 Å². The monoisotopic (exact) mass is 333 g/mol. The molecule has 1 aromatic heterocycles. The zero-order valence-electron chi connectivity index (χ0n) is 11.6. The molecule has 0 fully saturated rings. The van der Waals surface area contributed by atoms with Crippen LogP contribution in [0.2, 0.25) is 0 Å². The lowest BCUT2D eigenvalue weighted by Gasteiger charge is -2.16. The number of hydrogen-bond acceptors (Lipinski definition) is 3. The molecular weight excluding hydrogens is 314 g/mol. The van der Waals surface area contributed by atoms with Gasteiger partial charge in [-0.15, -0.1) is 0 Å². The van der Waals surface area contributed by atoms with Crippen LogP contribution in [0.3, 0.4) is 0 Å². The molecule has 3 N–H and O–H groups in total. The number of hydrazine groups is 1. The maximum absolute atomic E-state index is 5.67. The Hall–Kier alpha value is -1.23. The van der Waals surface area contributed by atoms with Crippen molar-refractivity contribution in [3.05, 3.63) is 63.9 Å². The van der Waals surface area contributed by atoms with Gasteiger partial charge in [0.05, 0.1) is 0 Å². The van der Waals surface area contributed by atoms with Gasteiger partial charge >= 0.3 is 0 Å². The smallest absolute Gasteiger partial charge is 0.0419 e. The van der Waals surface area contributed by atoms with Gasteiger partial charge in [-0.3, -0.25) is 16.3 Å². The molecule has 106 valence electrons. The summed E-state index contributed by atoms with van der Waals surface area (Å²) in [5.41, 5.74) is 6.48. The number of halogens is 1. The van der Waals surface area contributed by atoms with Crippen LogP contribution in [0.1, 0.15) is 23.7 Å². The van der Waals surface area contributed by atoms with Crippen molar-refractivity contribution in [2.75, 3.05) is 0 Å². The summed E-state index contributed by atoms with van der Waals surface area (Å²) in [5, 5.41) is 0. The molecule has 1 heterocycles. The summed E-state index contributed by atoms with van der Waals surface area (Å²) in [5.74, 6) is 5.67. The number of hydrogen-bond donors (Lipinski definition) is 2. The van der Waals surface area contributed by atoms with Gasteiger partial charge in [0, 0.05) is 28.8 Å². The van der Waals surface area contributed by atoms with Gasteiger partial charge in [0.25, 0.3) is 0 Å². The van der Waals surface area contributed by atoms with Gasteiger partial charge in [-0.05, 0) is 42.2 Å². The number of rotatable bonds is 6. The van der Waals surface area contributed by atoms with E-state index in [-0.39, 0.29) is 6.04 Å². The number of aromatic nitrogens is 1. The molecule has 0 spiro atoms. The minimum Gasteiger partial charge on any atom is -0.271 e. The lowest BCUT2D eigenvalue weighted by Crippen LogP contribution is -2.38. The zero-order chi connectivity index (χ0) is 14.4. The Bertz CT molecular complexity index is 540. The summed E-state index contributed by atoms with van der Waals surface area (Å²) in [4.78, 5) is 4.49. The van der Waals surface area contributed by atoms with Crippen LogP contribution in [0.15, 0.2) is 47.1 Å². The summed E-state index contributed by atoms with van der Waals surface area (Å²) >= 11 is 3.49. The van der Waals surface area contributed by atoms with Gasteiger partial charge in [0.2, 0.25) is 0 Å². The van der Waals surface area contributed by atoms with Crippen LogP contribution in [0.5, 0.6) is 0 Å². The second-order valence-electron chi connectivity index (χ2n) is 4.91. The van der Waals surface area contributed by atoms with Crippen LogP contribution in [0.25, 0.3) is 0 Å². The molecular formula is C16H20BrN3. The Kier molecular flexibility index (Phi) is 5.71. The fourth-order valence-electron chi connectivity index (χ4n) is 2.18. The molecule has 0 aliphatic rings. The van der Waals surface area contributed by atoms with Crippen LogP contribution in [-0.2, 0) is 19.3 Å². The van der Waals surface area contributed by atoms with E-state index in [0.717, 1.165) is 29.4 Å². The van der Waals surface area contributed by atoms with Crippen molar-refractivity contribution in [1.82, 2.24) is 10.4 Å². The predicted octanol–water partition coefficient (Wildman–Crippen LogP) is 3.02. The number of aryl methyl sites for hydroxylation is 1. The zero-order valence-corrected chi connectivity index (χ0v) is 13.2. The number of nitrogens with one attached hydrogen (secondary N) is 1. The normalized spacial score (nSPS) is 12.3. The van der Waals surface area contributed by atoms with Gasteiger partial charge < -0.3 is 0 Å². The Morgan fingerprint density at radius 1 is 1.20 bits per heavy atom. The molecule has 3 nitrogen and oxygen atoms in total. The first kappa shape index (κ1) is 15.2. The molecule has 0 saturated carbocycles. The Morgan fingerprint density at radius 3 is 2.65 bits per heavy atom. The third-order valence-electron chi connectivity index (χ3n) is 3.36. The summed E-state index contributed by atoms with van der Waals surface area (Å²) in [6, 6.07) is 12.7. The van der Waals surface area contributed by atoms with Crippen LogP contribution in [-0.4, -0.2) is 11.0 Å². The molecule has 0 saturated heterocycles. The highest BCUT2D eigenvalue weighted by Gasteiger charge is 2.10. The molecule has 0 aliphatic heterocycles. The SMILES string of the molecule is CCc1ccc(CC(Cc2cccc(Br)c2)NN)nc1. The third kappa shape index (κ3) is 4.40. The van der Waals surface area contributed by atoms with E-state index in [9.17, 15) is 0 Å². The maximum atomic E-state index is 5.67. The van der Waals surface area contributed by atoms with E-state index in [1.54, 1.807) is 0 Å². The number of nitrogens with two attached hydrogens (primary N) is 1. The summed E-state index contributed by atoms with van der Waals surface area (Å²) in [6.07, 6.45) is 4.67. The molecule has 1 unspecified atom stereocenters. The quantitative estimate of drug-likeness (QED) is 0.631. The highest BCUT2D eigenvalue weighted by molar-refractivity contribution is 9.10. The molecule has 2 aromatic rings. The standard InChI is InChI=1S/C16H20BrN3/c1-2-12-6-7-15(19-11-12)10-16(20-18)9-13-4-3-5-14(17)8-13/h3-8,11,16,20H,2,9-10,18H2,1H3. The number of pyridine rings is 1. The largest absolute Gasteiger partial charge is 0.271 e. The lowest BCUT2D eigenvalue weighted by molar-refractivity contribution is 0.517. The minimum absolute atomic E-state index is 0.185. The average Bonchev–Trinajstić information content (AvgIpc) is 2.47. The molecule has 2 rings (SSSR count). The van der Waals surface area contributed by atoms with Crippen molar-refractivity contribution in [2.24, 2.45) is 5.84 Å². The van der Waals surface area contributed by atoms with Crippen molar-refractivity contribution in [1.29, 1.82) is 0 Å². The topological polar surface area (TPSA) is 50.9 Å². The molecule has 20 heavy (non-hydrogen) atoms. The van der Waals surface area contributed by atoms with Crippen molar-refractivity contribution in [2.45, 2.75) is 32.2 Å². The fourth-order valence-corrected chi connectivity index (χ4v) is 2.62. The van der Waals surface area contributed by atoms with Crippen LogP contribution in [0.4, 0.5) is 0 Å². The summed E-state index contributed by atoms with van der Waals surface area (Å²) < 4.78 is 1.09. The van der Waals surface area contributed by atoms with Crippen molar-refractivity contribution < 1.29 is 0 Å². The third-order valence-corrected chi connectivity index (χ3v) is 3.85. The Balaban J connectivity index is 2.01. The van der Waals surface area contributed by atoms with Gasteiger partial charge in [0.1, 0.15) is 0 Å². The van der Waals surface area contributed by atoms with E-state index in [2.05, 4.69) is 57.5 Å². The van der Waals surface area contributed by atoms with Crippen molar-refractivity contribution in [3.63, 3.8) is 0 Å². The Morgan fingerprint density at radius 2 is 2.05 bits per heavy atom. The highest BCUT2D eigenvalue weighted by atomic mass is 79.9. The fraction of sp³-hybridized carbons (Fsp3) is 0.312. The predicted molar refractivity (Wildman–Crippen MR) is 86.3 cm³/mol. The molecule has 1 aromatic carbocycles. The minimum atomic E-state index is 0.185. The molecule has 0 bridgehead atoms. The van der Waals surface area contributed by atoms with Crippen LogP contribution >= 0.6 is 15.9 Å². The maximum Gasteiger partial charge on any atom is 0.0419 e. The van der Waals surface area contributed by atoms with E-state index in [1.165, 1.54) is 11.1 Å². The van der Waals surface area contributed by atoms with Crippen LogP contribution < -0.4 is 11.3 Å². The number of benzene rings is 1. The summed E-state index contributed by atoms with van der Waals surface area (Å²) in [6.45, 7) is 2.13. The molecule has 0 amide bonds. The first-order valence-electron chi connectivity index (χ1n) is 6.85. The van der Waals surface area contributed by atoms with E-state index in [0.29, 0.717) is 0 Å². The van der Waals surface area contributed by atoms with Crippen LogP contribution in [0, 0.1) is 0 Å². The first-order chi connectivity index (χ1) is 9.71. The van der Waals surface area contributed by atoms with E-state index in [1.807, 2.05) is 18.3 Å². The average molecular weight is 334 g/mol.